The van der Waals surface area contributed by atoms with Gasteiger partial charge in [-0.15, -0.1) is 0 Å². The van der Waals surface area contributed by atoms with Crippen molar-refractivity contribution in [1.29, 1.82) is 0 Å². The molecule has 1 aromatic carbocycles. The Labute approximate surface area is 82.2 Å². The van der Waals surface area contributed by atoms with E-state index < -0.39 is 0 Å². The van der Waals surface area contributed by atoms with E-state index in [0.717, 1.165) is 11.3 Å². The van der Waals surface area contributed by atoms with E-state index in [1.807, 2.05) is 30.3 Å². The van der Waals surface area contributed by atoms with E-state index in [9.17, 15) is 4.57 Å². The molecule has 0 amide bonds. The van der Waals surface area contributed by atoms with Crippen molar-refractivity contribution in [1.82, 2.24) is 5.16 Å². The molecule has 0 atom stereocenters. The zero-order valence-corrected chi connectivity index (χ0v) is 8.07. The summed E-state index contributed by atoms with van der Waals surface area (Å²) in [5, 5.41) is 6.31. The van der Waals surface area contributed by atoms with Gasteiger partial charge in [-0.1, -0.05) is 35.5 Å². The Balaban J connectivity index is 2.29. The normalized spacial score (nSPS) is 10.3. The van der Waals surface area contributed by atoms with E-state index in [2.05, 4.69) is 10.2 Å². The first-order valence-electron chi connectivity index (χ1n) is 4.00. The molecule has 0 aliphatic heterocycles. The molecule has 70 valence electrons. The lowest BCUT2D eigenvalue weighted by Crippen LogP contribution is -1.74. The van der Waals surface area contributed by atoms with Gasteiger partial charge in [0.2, 0.25) is 5.88 Å². The fourth-order valence-corrected chi connectivity index (χ4v) is 1.31. The summed E-state index contributed by atoms with van der Waals surface area (Å²) in [7, 11) is -0.199. The molecular weight excluding hydrogens is 199 g/mol. The molecular formula is C9H7N2O2P. The van der Waals surface area contributed by atoms with Crippen molar-refractivity contribution in [2.24, 2.45) is 0 Å². The van der Waals surface area contributed by atoms with Crippen LogP contribution in [0, 0.1) is 0 Å². The number of anilines is 1. The lowest BCUT2D eigenvalue weighted by atomic mass is 10.2. The molecule has 4 nitrogen and oxygen atoms in total. The van der Waals surface area contributed by atoms with E-state index in [4.69, 9.17) is 4.52 Å². The Morgan fingerprint density at radius 3 is 2.79 bits per heavy atom. The zero-order valence-electron chi connectivity index (χ0n) is 7.18. The van der Waals surface area contributed by atoms with Gasteiger partial charge in [0.1, 0.15) is 5.69 Å². The summed E-state index contributed by atoms with van der Waals surface area (Å²) in [6.07, 6.45) is 0. The van der Waals surface area contributed by atoms with Crippen molar-refractivity contribution in [3.8, 4) is 11.3 Å². The molecule has 2 aromatic rings. The van der Waals surface area contributed by atoms with Gasteiger partial charge in [0.25, 0.3) is 8.61 Å². The Hall–Kier alpha value is -1.67. The van der Waals surface area contributed by atoms with E-state index >= 15 is 0 Å². The summed E-state index contributed by atoms with van der Waals surface area (Å²) >= 11 is 0. The van der Waals surface area contributed by atoms with Gasteiger partial charge in [-0.25, -0.2) is 4.57 Å². The summed E-state index contributed by atoms with van der Waals surface area (Å²) < 4.78 is 15.1. The van der Waals surface area contributed by atoms with Crippen LogP contribution in [-0.2, 0) is 4.57 Å². The Kier molecular flexibility index (Phi) is 2.56. The first-order valence-corrected chi connectivity index (χ1v) is 4.82. The number of nitrogens with zero attached hydrogens (tertiary/aromatic N) is 1. The van der Waals surface area contributed by atoms with Gasteiger partial charge in [0.05, 0.1) is 0 Å². The minimum atomic E-state index is -0.199. The van der Waals surface area contributed by atoms with Crippen LogP contribution >= 0.6 is 8.61 Å². The van der Waals surface area contributed by atoms with Crippen LogP contribution in [0.1, 0.15) is 0 Å². The second-order valence-electron chi connectivity index (χ2n) is 2.65. The Bertz CT molecular complexity index is 427. The third kappa shape index (κ3) is 1.80. The molecule has 0 saturated carbocycles. The molecule has 0 aliphatic carbocycles. The van der Waals surface area contributed by atoms with Crippen LogP contribution in [0.5, 0.6) is 0 Å². The SMILES string of the molecule is O=PNc1cc(-c2ccccc2)no1. The van der Waals surface area contributed by atoms with Crippen LogP contribution in [0.3, 0.4) is 0 Å². The van der Waals surface area contributed by atoms with Gasteiger partial charge in [0, 0.05) is 11.6 Å². The smallest absolute Gasteiger partial charge is 0.281 e. The summed E-state index contributed by atoms with van der Waals surface area (Å²) in [5.41, 5.74) is 1.68. The predicted octanol–water partition coefficient (Wildman–Crippen LogP) is 2.96. The average molecular weight is 206 g/mol. The fourth-order valence-electron chi connectivity index (χ4n) is 1.12. The van der Waals surface area contributed by atoms with Gasteiger partial charge in [-0.05, 0) is 0 Å². The van der Waals surface area contributed by atoms with Crippen LogP contribution < -0.4 is 5.09 Å². The fraction of sp³-hybridized carbons (Fsp3) is 0. The largest absolute Gasteiger partial charge is 0.338 e. The van der Waals surface area contributed by atoms with Crippen molar-refractivity contribution < 1.29 is 9.09 Å². The van der Waals surface area contributed by atoms with E-state index in [1.165, 1.54) is 0 Å². The molecule has 0 unspecified atom stereocenters. The number of nitrogens with one attached hydrogen (secondary N) is 1. The highest BCUT2D eigenvalue weighted by atomic mass is 31.1. The molecule has 2 rings (SSSR count). The molecule has 0 radical (unpaired) electrons. The van der Waals surface area contributed by atoms with E-state index in [0.29, 0.717) is 5.88 Å². The molecule has 0 fully saturated rings. The maximum absolute atomic E-state index is 10.2. The maximum atomic E-state index is 10.2. The minimum absolute atomic E-state index is 0.199. The molecule has 1 N–H and O–H groups in total. The van der Waals surface area contributed by atoms with Crippen LogP contribution in [0.2, 0.25) is 0 Å². The average Bonchev–Trinajstić information content (AvgIpc) is 2.68. The molecule has 0 bridgehead atoms. The van der Waals surface area contributed by atoms with Gasteiger partial charge < -0.3 is 4.52 Å². The van der Waals surface area contributed by atoms with Crippen LogP contribution in [0.15, 0.2) is 40.9 Å². The number of hydrogen-bond donors (Lipinski definition) is 1. The van der Waals surface area contributed by atoms with Gasteiger partial charge in [-0.3, -0.25) is 5.09 Å². The van der Waals surface area contributed by atoms with Crippen molar-refractivity contribution >= 4 is 14.5 Å². The number of benzene rings is 1. The molecule has 5 heteroatoms. The molecule has 1 aromatic heterocycles. The molecule has 14 heavy (non-hydrogen) atoms. The van der Waals surface area contributed by atoms with E-state index in [-0.39, 0.29) is 8.61 Å². The zero-order chi connectivity index (χ0) is 9.80. The summed E-state index contributed by atoms with van der Waals surface area (Å²) in [6, 6.07) is 11.3. The van der Waals surface area contributed by atoms with Crippen molar-refractivity contribution in [2.45, 2.75) is 0 Å². The van der Waals surface area contributed by atoms with Crippen molar-refractivity contribution in [3.05, 3.63) is 36.4 Å². The maximum Gasteiger partial charge on any atom is 0.281 e. The Morgan fingerprint density at radius 2 is 2.07 bits per heavy atom. The van der Waals surface area contributed by atoms with Gasteiger partial charge >= 0.3 is 0 Å². The second-order valence-corrected chi connectivity index (χ2v) is 3.05. The highest BCUT2D eigenvalue weighted by Gasteiger charge is 2.04. The quantitative estimate of drug-likeness (QED) is 0.784. The third-order valence-corrected chi connectivity index (χ3v) is 2.05. The first kappa shape index (κ1) is 8.91. The highest BCUT2D eigenvalue weighted by Crippen LogP contribution is 2.22. The van der Waals surface area contributed by atoms with Crippen LogP contribution in [-0.4, -0.2) is 5.16 Å². The van der Waals surface area contributed by atoms with Gasteiger partial charge in [-0.2, -0.15) is 0 Å². The number of aromatic nitrogens is 1. The van der Waals surface area contributed by atoms with Crippen LogP contribution in [0.4, 0.5) is 5.88 Å². The standard InChI is InChI=1S/C9H7N2O2P/c12-14-11-9-6-8(10-13-9)7-4-2-1-3-5-7/h1-6H,(H,11,12). The summed E-state index contributed by atoms with van der Waals surface area (Å²) in [4.78, 5) is 0. The molecule has 0 spiro atoms. The van der Waals surface area contributed by atoms with E-state index in [1.54, 1.807) is 6.07 Å². The number of rotatable bonds is 3. The molecule has 0 saturated heterocycles. The van der Waals surface area contributed by atoms with Crippen molar-refractivity contribution in [3.63, 3.8) is 0 Å². The lowest BCUT2D eigenvalue weighted by molar-refractivity contribution is 0.439. The predicted molar refractivity (Wildman–Crippen MR) is 53.2 cm³/mol. The Morgan fingerprint density at radius 1 is 1.29 bits per heavy atom. The summed E-state index contributed by atoms with van der Waals surface area (Å²) in [5.74, 6) is 0.389. The molecule has 1 heterocycles. The second kappa shape index (κ2) is 4.03. The number of hydrogen-bond acceptors (Lipinski definition) is 3. The third-order valence-electron chi connectivity index (χ3n) is 1.74. The molecule has 0 aliphatic rings. The first-order chi connectivity index (χ1) is 6.90. The minimum Gasteiger partial charge on any atom is -0.338 e. The lowest BCUT2D eigenvalue weighted by Gasteiger charge is -1.90. The summed E-state index contributed by atoms with van der Waals surface area (Å²) in [6.45, 7) is 0. The van der Waals surface area contributed by atoms with Gasteiger partial charge in [0.15, 0.2) is 0 Å². The monoisotopic (exact) mass is 206 g/mol. The highest BCUT2D eigenvalue weighted by molar-refractivity contribution is 7.25. The topological polar surface area (TPSA) is 55.1 Å². The van der Waals surface area contributed by atoms with Crippen molar-refractivity contribution in [2.75, 3.05) is 5.09 Å². The van der Waals surface area contributed by atoms with Crippen LogP contribution in [0.25, 0.3) is 11.3 Å².